The number of aryl methyl sites for hydroxylation is 2. The molecule has 2 N–H and O–H groups in total. The highest BCUT2D eigenvalue weighted by Crippen LogP contribution is 2.22. The number of benzene rings is 2. The minimum atomic E-state index is -3.90. The number of carbonyl (C=O) groups excluding carboxylic acids is 1. The molecule has 1 aromatic heterocycles. The first-order valence-electron chi connectivity index (χ1n) is 11.9. The summed E-state index contributed by atoms with van der Waals surface area (Å²) in [5.41, 5.74) is 1.25. The van der Waals surface area contributed by atoms with E-state index in [4.69, 9.17) is 4.74 Å². The zero-order valence-corrected chi connectivity index (χ0v) is 23.0. The number of anilines is 2. The molecule has 1 aliphatic heterocycles. The fraction of sp³-hybridized carbons (Fsp3) is 0.320. The van der Waals surface area contributed by atoms with Gasteiger partial charge in [-0.25, -0.2) is 26.8 Å². The van der Waals surface area contributed by atoms with Crippen LogP contribution in [0.2, 0.25) is 0 Å². The van der Waals surface area contributed by atoms with E-state index in [9.17, 15) is 21.6 Å². The second-order valence-electron chi connectivity index (χ2n) is 9.13. The van der Waals surface area contributed by atoms with E-state index in [2.05, 4.69) is 20.0 Å². The molecule has 1 amide bonds. The van der Waals surface area contributed by atoms with Gasteiger partial charge >= 0.3 is 0 Å². The van der Waals surface area contributed by atoms with Crippen molar-refractivity contribution in [2.24, 2.45) is 0 Å². The second kappa shape index (κ2) is 10.8. The monoisotopic (exact) mass is 559 g/mol. The van der Waals surface area contributed by atoms with Crippen LogP contribution in [0, 0.1) is 13.8 Å². The first-order valence-corrected chi connectivity index (χ1v) is 14.8. The topological polar surface area (TPSA) is 148 Å². The number of aromatic nitrogens is 2. The Kier molecular flexibility index (Phi) is 7.83. The lowest BCUT2D eigenvalue weighted by molar-refractivity contribution is -0.0440. The van der Waals surface area contributed by atoms with E-state index in [1.54, 1.807) is 13.8 Å². The first-order chi connectivity index (χ1) is 17.8. The van der Waals surface area contributed by atoms with Crippen LogP contribution in [0.4, 0.5) is 11.5 Å². The summed E-state index contributed by atoms with van der Waals surface area (Å²) in [6.07, 6.45) is -0.423. The number of hydrogen-bond donors (Lipinski definition) is 2. The summed E-state index contributed by atoms with van der Waals surface area (Å²) in [7, 11) is -7.63. The number of sulfonamides is 2. The molecule has 11 nitrogen and oxygen atoms in total. The van der Waals surface area contributed by atoms with Gasteiger partial charge in [-0.15, -0.1) is 0 Å². The van der Waals surface area contributed by atoms with Gasteiger partial charge in [-0.3, -0.25) is 9.52 Å². The molecule has 1 aliphatic rings. The zero-order valence-electron chi connectivity index (χ0n) is 21.4. The predicted molar refractivity (Wildman–Crippen MR) is 142 cm³/mol. The highest BCUT2D eigenvalue weighted by molar-refractivity contribution is 7.92. The molecule has 0 spiro atoms. The Balaban J connectivity index is 1.42. The van der Waals surface area contributed by atoms with Crippen molar-refractivity contribution in [1.82, 2.24) is 14.3 Å². The standard InChI is InChI=1S/C25H29N5O6S2/c1-16-13-24(27-19(4)26-16)29-37(32,33)22-11-7-21(8-12-22)28-25(31)20-5-9-23(10-6-20)38(34,35)30-14-17(2)36-18(3)15-30/h5-13,17-18H,14-15H2,1-4H3,(H,28,31)(H,26,27,29). The highest BCUT2D eigenvalue weighted by Gasteiger charge is 2.32. The molecule has 4 rings (SSSR count). The molecular weight excluding hydrogens is 530 g/mol. The normalized spacial score (nSPS) is 18.6. The van der Waals surface area contributed by atoms with Gasteiger partial charge in [0, 0.05) is 36.1 Å². The maximum atomic E-state index is 13.0. The van der Waals surface area contributed by atoms with Gasteiger partial charge in [0.25, 0.3) is 15.9 Å². The van der Waals surface area contributed by atoms with Crippen LogP contribution < -0.4 is 10.0 Å². The average Bonchev–Trinajstić information content (AvgIpc) is 2.83. The van der Waals surface area contributed by atoms with Gasteiger partial charge in [0.05, 0.1) is 22.0 Å². The number of ether oxygens (including phenoxy) is 1. The third-order valence-electron chi connectivity index (χ3n) is 5.77. The van der Waals surface area contributed by atoms with E-state index in [-0.39, 0.29) is 46.5 Å². The quantitative estimate of drug-likeness (QED) is 0.449. The van der Waals surface area contributed by atoms with E-state index in [1.807, 2.05) is 13.8 Å². The summed E-state index contributed by atoms with van der Waals surface area (Å²) < 4.78 is 60.9. The van der Waals surface area contributed by atoms with Crippen LogP contribution in [0.5, 0.6) is 0 Å². The summed E-state index contributed by atoms with van der Waals surface area (Å²) in [5.74, 6) is 0.135. The van der Waals surface area contributed by atoms with Crippen LogP contribution in [0.3, 0.4) is 0 Å². The van der Waals surface area contributed by atoms with Gasteiger partial charge in [-0.2, -0.15) is 4.31 Å². The number of hydrogen-bond acceptors (Lipinski definition) is 8. The van der Waals surface area contributed by atoms with Gasteiger partial charge in [0.1, 0.15) is 11.6 Å². The Labute approximate surface area is 222 Å². The molecule has 38 heavy (non-hydrogen) atoms. The minimum absolute atomic E-state index is 0.00859. The Morgan fingerprint density at radius 3 is 2.05 bits per heavy atom. The molecule has 2 heterocycles. The van der Waals surface area contributed by atoms with E-state index >= 15 is 0 Å². The lowest BCUT2D eigenvalue weighted by Gasteiger charge is -2.34. The van der Waals surface area contributed by atoms with E-state index < -0.39 is 26.0 Å². The summed E-state index contributed by atoms with van der Waals surface area (Å²) in [4.78, 5) is 21.0. The summed E-state index contributed by atoms with van der Waals surface area (Å²) in [5, 5.41) is 2.68. The summed E-state index contributed by atoms with van der Waals surface area (Å²) in [6.45, 7) is 7.57. The van der Waals surface area contributed by atoms with Gasteiger partial charge in [0.2, 0.25) is 10.0 Å². The molecular formula is C25H29N5O6S2. The second-order valence-corrected chi connectivity index (χ2v) is 12.7. The molecule has 1 fully saturated rings. The minimum Gasteiger partial charge on any atom is -0.373 e. The number of morpholine rings is 1. The van der Waals surface area contributed by atoms with Crippen molar-refractivity contribution >= 4 is 37.5 Å². The van der Waals surface area contributed by atoms with E-state index in [0.717, 1.165) is 0 Å². The van der Waals surface area contributed by atoms with Crippen molar-refractivity contribution in [3.8, 4) is 0 Å². The van der Waals surface area contributed by atoms with Crippen LogP contribution in [-0.4, -0.2) is 62.3 Å². The van der Waals surface area contributed by atoms with Crippen LogP contribution in [0.1, 0.15) is 35.7 Å². The largest absolute Gasteiger partial charge is 0.373 e. The molecule has 2 atom stereocenters. The molecule has 2 aromatic carbocycles. The van der Waals surface area contributed by atoms with Crippen molar-refractivity contribution in [2.75, 3.05) is 23.1 Å². The van der Waals surface area contributed by atoms with Crippen molar-refractivity contribution in [1.29, 1.82) is 0 Å². The summed E-state index contributed by atoms with van der Waals surface area (Å²) in [6, 6.07) is 12.8. The fourth-order valence-corrected chi connectivity index (χ4v) is 6.72. The number of amides is 1. The van der Waals surface area contributed by atoms with E-state index in [1.165, 1.54) is 58.9 Å². The Hall–Kier alpha value is -3.39. The fourth-order valence-electron chi connectivity index (χ4n) is 4.14. The van der Waals surface area contributed by atoms with Crippen molar-refractivity contribution in [3.63, 3.8) is 0 Å². The molecule has 0 aliphatic carbocycles. The van der Waals surface area contributed by atoms with Gasteiger partial charge < -0.3 is 10.1 Å². The van der Waals surface area contributed by atoms with Crippen molar-refractivity contribution < 1.29 is 26.4 Å². The van der Waals surface area contributed by atoms with Gasteiger partial charge in [-0.05, 0) is 76.2 Å². The van der Waals surface area contributed by atoms with Crippen LogP contribution in [0.15, 0.2) is 64.4 Å². The third kappa shape index (κ3) is 6.35. The smallest absolute Gasteiger partial charge is 0.263 e. The number of nitrogens with zero attached hydrogens (tertiary/aromatic N) is 3. The average molecular weight is 560 g/mol. The van der Waals surface area contributed by atoms with Crippen LogP contribution in [0.25, 0.3) is 0 Å². The maximum absolute atomic E-state index is 13.0. The molecule has 202 valence electrons. The predicted octanol–water partition coefficient (Wildman–Crippen LogP) is 2.94. The molecule has 3 aromatic rings. The summed E-state index contributed by atoms with van der Waals surface area (Å²) >= 11 is 0. The SMILES string of the molecule is Cc1cc(NS(=O)(=O)c2ccc(NC(=O)c3ccc(S(=O)(=O)N4CC(C)OC(C)C4)cc3)cc2)nc(C)n1. The third-order valence-corrected chi connectivity index (χ3v) is 8.98. The zero-order chi connectivity index (χ0) is 27.7. The highest BCUT2D eigenvalue weighted by atomic mass is 32.2. The van der Waals surface area contributed by atoms with Crippen LogP contribution >= 0.6 is 0 Å². The molecule has 0 radical (unpaired) electrons. The lowest BCUT2D eigenvalue weighted by atomic mass is 10.2. The van der Waals surface area contributed by atoms with Gasteiger partial charge in [-0.1, -0.05) is 0 Å². The first kappa shape index (κ1) is 27.6. The number of carbonyl (C=O) groups is 1. The van der Waals surface area contributed by atoms with Crippen molar-refractivity contribution in [3.05, 3.63) is 71.7 Å². The Morgan fingerprint density at radius 2 is 1.47 bits per heavy atom. The molecule has 13 heteroatoms. The molecule has 0 bridgehead atoms. The molecule has 2 unspecified atom stereocenters. The van der Waals surface area contributed by atoms with Crippen molar-refractivity contribution in [2.45, 2.75) is 49.7 Å². The van der Waals surface area contributed by atoms with Crippen LogP contribution in [-0.2, 0) is 24.8 Å². The lowest BCUT2D eigenvalue weighted by Crippen LogP contribution is -2.48. The molecule has 1 saturated heterocycles. The maximum Gasteiger partial charge on any atom is 0.263 e. The number of nitrogens with one attached hydrogen (secondary N) is 2. The number of rotatable bonds is 7. The molecule has 0 saturated carbocycles. The Bertz CT molecular complexity index is 1510. The van der Waals surface area contributed by atoms with Gasteiger partial charge in [0.15, 0.2) is 0 Å². The Morgan fingerprint density at radius 1 is 0.895 bits per heavy atom. The van der Waals surface area contributed by atoms with E-state index in [0.29, 0.717) is 17.2 Å².